The van der Waals surface area contributed by atoms with E-state index in [1.165, 1.54) is 18.2 Å². The Bertz CT molecular complexity index is 504. The molecule has 114 valence electrons. The minimum Gasteiger partial charge on any atom is -0.335 e. The van der Waals surface area contributed by atoms with E-state index in [4.69, 9.17) is 11.6 Å². The molecule has 1 aliphatic carbocycles. The summed E-state index contributed by atoms with van der Waals surface area (Å²) < 4.78 is 0. The smallest absolute Gasteiger partial charge is 0.321 e. The van der Waals surface area contributed by atoms with Gasteiger partial charge >= 0.3 is 6.03 Å². The monoisotopic (exact) mass is 326 g/mol. The summed E-state index contributed by atoms with van der Waals surface area (Å²) in [5.74, 6) is -0.143. The number of hydrogen-bond acceptors (Lipinski definition) is 3. The maximum absolute atomic E-state index is 11.7. The van der Waals surface area contributed by atoms with E-state index in [1.807, 2.05) is 18.2 Å². The molecule has 1 fully saturated rings. The SMILES string of the molecule is O=C(CSc1ccccc1Cl)NC(=O)NC1CCCCC1. The molecule has 0 spiro atoms. The van der Waals surface area contributed by atoms with Crippen LogP contribution in [0.5, 0.6) is 0 Å². The Labute approximate surface area is 134 Å². The molecule has 0 heterocycles. The van der Waals surface area contributed by atoms with Crippen LogP contribution in [0.2, 0.25) is 5.02 Å². The lowest BCUT2D eigenvalue weighted by Gasteiger charge is -2.22. The summed E-state index contributed by atoms with van der Waals surface area (Å²) in [5.41, 5.74) is 0. The van der Waals surface area contributed by atoms with Crippen molar-refractivity contribution < 1.29 is 9.59 Å². The van der Waals surface area contributed by atoms with Crippen molar-refractivity contribution in [3.8, 4) is 0 Å². The van der Waals surface area contributed by atoms with E-state index in [0.717, 1.165) is 30.6 Å². The van der Waals surface area contributed by atoms with Gasteiger partial charge in [-0.2, -0.15) is 0 Å². The van der Waals surface area contributed by atoms with E-state index in [0.29, 0.717) is 5.02 Å². The van der Waals surface area contributed by atoms with Gasteiger partial charge in [0, 0.05) is 10.9 Å². The van der Waals surface area contributed by atoms with Gasteiger partial charge in [0.15, 0.2) is 0 Å². The lowest BCUT2D eigenvalue weighted by molar-refractivity contribution is -0.117. The molecule has 4 nitrogen and oxygen atoms in total. The number of urea groups is 1. The Kier molecular flexibility index (Phi) is 6.39. The summed E-state index contributed by atoms with van der Waals surface area (Å²) in [5, 5.41) is 5.83. The lowest BCUT2D eigenvalue weighted by Crippen LogP contribution is -2.45. The summed E-state index contributed by atoms with van der Waals surface area (Å²) in [6.45, 7) is 0. The Morgan fingerprint density at radius 1 is 1.19 bits per heavy atom. The number of thioether (sulfide) groups is 1. The Balaban J connectivity index is 1.71. The first-order valence-electron chi connectivity index (χ1n) is 7.13. The first-order valence-corrected chi connectivity index (χ1v) is 8.49. The lowest BCUT2D eigenvalue weighted by atomic mass is 9.96. The van der Waals surface area contributed by atoms with Crippen molar-refractivity contribution in [2.24, 2.45) is 0 Å². The minimum atomic E-state index is -0.397. The summed E-state index contributed by atoms with van der Waals surface area (Å²) in [4.78, 5) is 24.3. The molecule has 3 amide bonds. The first kappa shape index (κ1) is 16.2. The zero-order valence-electron chi connectivity index (χ0n) is 11.7. The molecule has 1 aliphatic rings. The van der Waals surface area contributed by atoms with Crippen LogP contribution in [0.15, 0.2) is 29.2 Å². The Hall–Kier alpha value is -1.20. The predicted octanol–water partition coefficient (Wildman–Crippen LogP) is 3.59. The topological polar surface area (TPSA) is 58.2 Å². The highest BCUT2D eigenvalue weighted by Crippen LogP contribution is 2.26. The summed E-state index contributed by atoms with van der Waals surface area (Å²) in [6, 6.07) is 7.13. The number of nitrogens with one attached hydrogen (secondary N) is 2. The van der Waals surface area contributed by atoms with Gasteiger partial charge in [-0.25, -0.2) is 4.79 Å². The number of hydrogen-bond donors (Lipinski definition) is 2. The van der Waals surface area contributed by atoms with Crippen LogP contribution in [-0.2, 0) is 4.79 Å². The van der Waals surface area contributed by atoms with Crippen molar-refractivity contribution in [3.63, 3.8) is 0 Å². The van der Waals surface area contributed by atoms with Gasteiger partial charge in [-0.05, 0) is 25.0 Å². The molecule has 21 heavy (non-hydrogen) atoms. The standard InChI is InChI=1S/C15H19ClN2O2S/c16-12-8-4-5-9-13(12)21-10-14(19)18-15(20)17-11-6-2-1-3-7-11/h4-5,8-9,11H,1-3,6-7,10H2,(H2,17,18,19,20). The van der Waals surface area contributed by atoms with E-state index in [2.05, 4.69) is 10.6 Å². The first-order chi connectivity index (χ1) is 10.1. The summed E-state index contributed by atoms with van der Waals surface area (Å²) in [7, 11) is 0. The van der Waals surface area contributed by atoms with Gasteiger partial charge in [0.05, 0.1) is 10.8 Å². The van der Waals surface area contributed by atoms with Crippen molar-refractivity contribution >= 4 is 35.3 Å². The second-order valence-electron chi connectivity index (χ2n) is 5.08. The third-order valence-electron chi connectivity index (χ3n) is 3.39. The number of carbonyl (C=O) groups is 2. The van der Waals surface area contributed by atoms with Crippen LogP contribution in [0.3, 0.4) is 0 Å². The third kappa shape index (κ3) is 5.59. The molecule has 0 aliphatic heterocycles. The predicted molar refractivity (Wildman–Crippen MR) is 85.7 cm³/mol. The van der Waals surface area contributed by atoms with Crippen molar-refractivity contribution in [3.05, 3.63) is 29.3 Å². The molecule has 0 atom stereocenters. The molecular formula is C15H19ClN2O2S. The van der Waals surface area contributed by atoms with Crippen LogP contribution in [0, 0.1) is 0 Å². The number of imide groups is 1. The molecular weight excluding hydrogens is 308 g/mol. The van der Waals surface area contributed by atoms with Gasteiger partial charge in [0.2, 0.25) is 5.91 Å². The Morgan fingerprint density at radius 3 is 2.62 bits per heavy atom. The number of carbonyl (C=O) groups excluding carboxylic acids is 2. The highest BCUT2D eigenvalue weighted by molar-refractivity contribution is 8.00. The fourth-order valence-electron chi connectivity index (χ4n) is 2.34. The zero-order valence-corrected chi connectivity index (χ0v) is 13.3. The number of amides is 3. The molecule has 1 aromatic rings. The molecule has 2 rings (SSSR count). The van der Waals surface area contributed by atoms with Gasteiger partial charge in [0.25, 0.3) is 0 Å². The van der Waals surface area contributed by atoms with Gasteiger partial charge in [-0.3, -0.25) is 10.1 Å². The fourth-order valence-corrected chi connectivity index (χ4v) is 3.38. The molecule has 6 heteroatoms. The van der Waals surface area contributed by atoms with E-state index >= 15 is 0 Å². The van der Waals surface area contributed by atoms with Gasteiger partial charge in [-0.1, -0.05) is 43.0 Å². The normalized spacial score (nSPS) is 15.5. The van der Waals surface area contributed by atoms with Gasteiger partial charge < -0.3 is 5.32 Å². The summed E-state index contributed by atoms with van der Waals surface area (Å²) >= 11 is 7.33. The third-order valence-corrected chi connectivity index (χ3v) is 4.90. The molecule has 0 radical (unpaired) electrons. The fraction of sp³-hybridized carbons (Fsp3) is 0.467. The zero-order chi connectivity index (χ0) is 15.1. The van der Waals surface area contributed by atoms with Crippen LogP contribution < -0.4 is 10.6 Å². The maximum Gasteiger partial charge on any atom is 0.321 e. The van der Waals surface area contributed by atoms with Crippen LogP contribution in [0.25, 0.3) is 0 Å². The van der Waals surface area contributed by atoms with Gasteiger partial charge in [-0.15, -0.1) is 11.8 Å². The molecule has 1 aromatic carbocycles. The average Bonchev–Trinajstić information content (AvgIpc) is 2.47. The van der Waals surface area contributed by atoms with Crippen LogP contribution in [0.4, 0.5) is 4.79 Å². The molecule has 1 saturated carbocycles. The summed E-state index contributed by atoms with van der Waals surface area (Å²) in [6.07, 6.45) is 5.50. The minimum absolute atomic E-state index is 0.168. The molecule has 0 unspecified atom stereocenters. The Morgan fingerprint density at radius 2 is 1.90 bits per heavy atom. The highest BCUT2D eigenvalue weighted by Gasteiger charge is 2.17. The number of halogens is 1. The number of benzene rings is 1. The molecule has 0 aromatic heterocycles. The highest BCUT2D eigenvalue weighted by atomic mass is 35.5. The molecule has 0 bridgehead atoms. The quantitative estimate of drug-likeness (QED) is 0.831. The van der Waals surface area contributed by atoms with E-state index < -0.39 is 6.03 Å². The second kappa shape index (κ2) is 8.29. The van der Waals surface area contributed by atoms with Crippen LogP contribution in [0.1, 0.15) is 32.1 Å². The van der Waals surface area contributed by atoms with Crippen molar-refractivity contribution in [2.75, 3.05) is 5.75 Å². The van der Waals surface area contributed by atoms with Gasteiger partial charge in [0.1, 0.15) is 0 Å². The molecule has 0 saturated heterocycles. The van der Waals surface area contributed by atoms with Crippen molar-refractivity contribution in [1.29, 1.82) is 0 Å². The number of rotatable bonds is 4. The van der Waals surface area contributed by atoms with Crippen LogP contribution in [-0.4, -0.2) is 23.7 Å². The van der Waals surface area contributed by atoms with Crippen molar-refractivity contribution in [2.45, 2.75) is 43.0 Å². The van der Waals surface area contributed by atoms with E-state index in [-0.39, 0.29) is 17.7 Å². The molecule has 2 N–H and O–H groups in total. The van der Waals surface area contributed by atoms with Crippen molar-refractivity contribution in [1.82, 2.24) is 10.6 Å². The average molecular weight is 327 g/mol. The second-order valence-corrected chi connectivity index (χ2v) is 6.50. The van der Waals surface area contributed by atoms with E-state index in [9.17, 15) is 9.59 Å². The largest absolute Gasteiger partial charge is 0.335 e. The van der Waals surface area contributed by atoms with E-state index in [1.54, 1.807) is 6.07 Å². The van der Waals surface area contributed by atoms with Crippen LogP contribution >= 0.6 is 23.4 Å². The maximum atomic E-state index is 11.7.